The Morgan fingerprint density at radius 2 is 2.11 bits per heavy atom. The lowest BCUT2D eigenvalue weighted by Crippen LogP contribution is -2.37. The predicted octanol–water partition coefficient (Wildman–Crippen LogP) is 2.80. The summed E-state index contributed by atoms with van der Waals surface area (Å²) in [6.45, 7) is 4.16. The van der Waals surface area contributed by atoms with Crippen LogP contribution in [-0.2, 0) is 4.79 Å². The van der Waals surface area contributed by atoms with Gasteiger partial charge in [0.1, 0.15) is 12.1 Å². The summed E-state index contributed by atoms with van der Waals surface area (Å²) in [5.74, 6) is 0.317. The monoisotopic (exact) mass is 263 g/mol. The highest BCUT2D eigenvalue weighted by Gasteiger charge is 2.36. The van der Waals surface area contributed by atoms with Gasteiger partial charge in [-0.3, -0.25) is 4.79 Å². The second-order valence-electron chi connectivity index (χ2n) is 5.67. The molecule has 0 bridgehead atoms. The van der Waals surface area contributed by atoms with Gasteiger partial charge in [-0.1, -0.05) is 26.7 Å². The molecule has 1 aromatic heterocycles. The molecule has 1 saturated carbocycles. The molecule has 104 valence electrons. The number of aliphatic carboxylic acids is 1. The van der Waals surface area contributed by atoms with E-state index in [1.54, 1.807) is 6.33 Å². The Hall–Kier alpha value is -1.65. The third-order valence-corrected chi connectivity index (χ3v) is 3.72. The molecule has 5 heteroatoms. The van der Waals surface area contributed by atoms with Gasteiger partial charge in [-0.05, 0) is 18.8 Å². The van der Waals surface area contributed by atoms with Crippen molar-refractivity contribution in [2.45, 2.75) is 57.4 Å². The zero-order valence-corrected chi connectivity index (χ0v) is 11.5. The number of nitrogens with one attached hydrogen (secondary N) is 1. The minimum absolute atomic E-state index is 0.147. The van der Waals surface area contributed by atoms with Crippen molar-refractivity contribution in [2.24, 2.45) is 0 Å². The van der Waals surface area contributed by atoms with Crippen LogP contribution in [0.2, 0.25) is 0 Å². The van der Waals surface area contributed by atoms with E-state index in [0.29, 0.717) is 5.92 Å². The molecular weight excluding hydrogens is 242 g/mol. The first kappa shape index (κ1) is 13.8. The van der Waals surface area contributed by atoms with E-state index in [0.717, 1.165) is 37.2 Å². The van der Waals surface area contributed by atoms with Crippen LogP contribution in [0.25, 0.3) is 0 Å². The molecule has 0 saturated heterocycles. The van der Waals surface area contributed by atoms with Crippen molar-refractivity contribution in [3.63, 3.8) is 0 Å². The normalized spacial score (nSPS) is 17.6. The summed E-state index contributed by atoms with van der Waals surface area (Å²) in [7, 11) is 0. The molecule has 1 fully saturated rings. The molecule has 0 atom stereocenters. The summed E-state index contributed by atoms with van der Waals surface area (Å²) < 4.78 is 0. The highest BCUT2D eigenvalue weighted by molar-refractivity contribution is 5.69. The summed E-state index contributed by atoms with van der Waals surface area (Å²) in [6.07, 6.45) is 5.61. The van der Waals surface area contributed by atoms with Crippen LogP contribution in [0, 0.1) is 0 Å². The molecule has 1 aliphatic carbocycles. The number of anilines is 1. The van der Waals surface area contributed by atoms with Crippen molar-refractivity contribution < 1.29 is 9.90 Å². The van der Waals surface area contributed by atoms with E-state index in [4.69, 9.17) is 5.11 Å². The number of aromatic nitrogens is 2. The fourth-order valence-corrected chi connectivity index (χ4v) is 2.72. The Labute approximate surface area is 113 Å². The molecule has 5 nitrogen and oxygen atoms in total. The molecule has 0 unspecified atom stereocenters. The van der Waals surface area contributed by atoms with Crippen LogP contribution >= 0.6 is 0 Å². The maximum absolute atomic E-state index is 11.1. The lowest BCUT2D eigenvalue weighted by molar-refractivity contribution is -0.138. The average Bonchev–Trinajstić information content (AvgIpc) is 2.76. The highest BCUT2D eigenvalue weighted by Crippen LogP contribution is 2.35. The number of carbonyl (C=O) groups is 1. The maximum atomic E-state index is 11.1. The molecule has 0 spiro atoms. The van der Waals surface area contributed by atoms with Gasteiger partial charge in [-0.25, -0.2) is 9.97 Å². The smallest absolute Gasteiger partial charge is 0.305 e. The van der Waals surface area contributed by atoms with E-state index in [-0.39, 0.29) is 12.0 Å². The number of hydrogen-bond acceptors (Lipinski definition) is 4. The molecule has 0 aliphatic heterocycles. The quantitative estimate of drug-likeness (QED) is 0.854. The third-order valence-electron chi connectivity index (χ3n) is 3.72. The zero-order chi connectivity index (χ0) is 13.9. The summed E-state index contributed by atoms with van der Waals surface area (Å²) in [5.41, 5.74) is 0.634. The van der Waals surface area contributed by atoms with Crippen LogP contribution in [0.3, 0.4) is 0 Å². The van der Waals surface area contributed by atoms with Crippen molar-refractivity contribution in [1.82, 2.24) is 9.97 Å². The van der Waals surface area contributed by atoms with E-state index in [2.05, 4.69) is 29.1 Å². The number of rotatable bonds is 5. The van der Waals surface area contributed by atoms with Gasteiger partial charge >= 0.3 is 5.97 Å². The van der Waals surface area contributed by atoms with Crippen molar-refractivity contribution in [3.05, 3.63) is 18.1 Å². The summed E-state index contributed by atoms with van der Waals surface area (Å²) >= 11 is 0. The number of carboxylic acid groups (broad SMARTS) is 1. The number of hydrogen-bond donors (Lipinski definition) is 2. The second kappa shape index (κ2) is 5.55. The number of carboxylic acids is 1. The summed E-state index contributed by atoms with van der Waals surface area (Å²) in [4.78, 5) is 19.5. The first-order valence-corrected chi connectivity index (χ1v) is 6.83. The van der Waals surface area contributed by atoms with Gasteiger partial charge in [0, 0.05) is 17.3 Å². The van der Waals surface area contributed by atoms with Gasteiger partial charge in [-0.2, -0.15) is 0 Å². The molecule has 0 amide bonds. The zero-order valence-electron chi connectivity index (χ0n) is 11.5. The first-order chi connectivity index (χ1) is 9.01. The van der Waals surface area contributed by atoms with Crippen LogP contribution in [-0.4, -0.2) is 26.6 Å². The van der Waals surface area contributed by atoms with Crippen molar-refractivity contribution in [2.75, 3.05) is 5.32 Å². The van der Waals surface area contributed by atoms with Gasteiger partial charge in [-0.15, -0.1) is 0 Å². The molecule has 1 aliphatic rings. The fourth-order valence-electron chi connectivity index (χ4n) is 2.72. The van der Waals surface area contributed by atoms with Gasteiger partial charge in [0.2, 0.25) is 0 Å². The molecular formula is C14H21N3O2. The minimum atomic E-state index is -0.757. The number of nitrogens with zero attached hydrogens (tertiary/aromatic N) is 2. The Kier molecular flexibility index (Phi) is 4.02. The Balaban J connectivity index is 2.17. The lowest BCUT2D eigenvalue weighted by Gasteiger charge is -2.29. The van der Waals surface area contributed by atoms with Crippen LogP contribution in [0.15, 0.2) is 12.4 Å². The second-order valence-corrected chi connectivity index (χ2v) is 5.67. The Morgan fingerprint density at radius 3 is 2.68 bits per heavy atom. The van der Waals surface area contributed by atoms with Gasteiger partial charge in [0.05, 0.1) is 6.42 Å². The molecule has 0 aromatic carbocycles. The molecule has 2 N–H and O–H groups in total. The predicted molar refractivity (Wildman–Crippen MR) is 73.2 cm³/mol. The van der Waals surface area contributed by atoms with Gasteiger partial charge in [0.25, 0.3) is 0 Å². The molecule has 1 aromatic rings. The van der Waals surface area contributed by atoms with E-state index >= 15 is 0 Å². The van der Waals surface area contributed by atoms with E-state index < -0.39 is 5.97 Å². The van der Waals surface area contributed by atoms with Crippen molar-refractivity contribution in [1.29, 1.82) is 0 Å². The van der Waals surface area contributed by atoms with Crippen molar-refractivity contribution in [3.8, 4) is 0 Å². The first-order valence-electron chi connectivity index (χ1n) is 6.83. The maximum Gasteiger partial charge on any atom is 0.305 e. The Bertz CT molecular complexity index is 454. The van der Waals surface area contributed by atoms with Gasteiger partial charge in [0.15, 0.2) is 0 Å². The average molecular weight is 263 g/mol. The summed E-state index contributed by atoms with van der Waals surface area (Å²) in [5, 5.41) is 12.4. The molecule has 0 radical (unpaired) electrons. The lowest BCUT2D eigenvalue weighted by atomic mass is 9.93. The van der Waals surface area contributed by atoms with Gasteiger partial charge < -0.3 is 10.4 Å². The minimum Gasteiger partial charge on any atom is -0.481 e. The van der Waals surface area contributed by atoms with E-state index in [9.17, 15) is 4.79 Å². The topological polar surface area (TPSA) is 75.1 Å². The third kappa shape index (κ3) is 3.43. The van der Waals surface area contributed by atoms with Crippen LogP contribution in [0.4, 0.5) is 5.82 Å². The summed E-state index contributed by atoms with van der Waals surface area (Å²) in [6, 6.07) is 1.92. The molecule has 1 heterocycles. The fraction of sp³-hybridized carbons (Fsp3) is 0.643. The van der Waals surface area contributed by atoms with Crippen LogP contribution in [0.1, 0.15) is 57.6 Å². The largest absolute Gasteiger partial charge is 0.481 e. The Morgan fingerprint density at radius 1 is 1.42 bits per heavy atom. The SMILES string of the molecule is CC(C)c1cc(NC2(CC(=O)O)CCCC2)ncn1. The highest BCUT2D eigenvalue weighted by atomic mass is 16.4. The van der Waals surface area contributed by atoms with Crippen LogP contribution < -0.4 is 5.32 Å². The van der Waals surface area contributed by atoms with Crippen molar-refractivity contribution >= 4 is 11.8 Å². The van der Waals surface area contributed by atoms with E-state index in [1.807, 2.05) is 6.07 Å². The molecule has 19 heavy (non-hydrogen) atoms. The van der Waals surface area contributed by atoms with Crippen LogP contribution in [0.5, 0.6) is 0 Å². The standard InChI is InChI=1S/C14H21N3O2/c1-10(2)11-7-12(16-9-15-11)17-14(8-13(18)19)5-3-4-6-14/h7,9-10H,3-6,8H2,1-2H3,(H,18,19)(H,15,16,17). The molecule has 2 rings (SSSR count). The van der Waals surface area contributed by atoms with E-state index in [1.165, 1.54) is 0 Å².